The maximum absolute atomic E-state index is 11.9. The van der Waals surface area contributed by atoms with Gasteiger partial charge in [-0.05, 0) is 33.6 Å². The fourth-order valence-electron chi connectivity index (χ4n) is 2.49. The number of allylic oxidation sites excluding steroid dienone is 3. The molecule has 0 N–H and O–H groups in total. The van der Waals surface area contributed by atoms with Crippen LogP contribution in [0.5, 0.6) is 0 Å². The van der Waals surface area contributed by atoms with Crippen molar-refractivity contribution in [1.82, 2.24) is 0 Å². The molecule has 3 heteroatoms. The number of cyclic esters (lactones) is 1. The van der Waals surface area contributed by atoms with Crippen molar-refractivity contribution in [3.05, 3.63) is 23.2 Å². The molecular formula is C13H18O3. The molecule has 1 heterocycles. The van der Waals surface area contributed by atoms with Crippen LogP contribution in [0.4, 0.5) is 0 Å². The van der Waals surface area contributed by atoms with Crippen LogP contribution in [0.15, 0.2) is 23.2 Å². The van der Waals surface area contributed by atoms with Gasteiger partial charge < -0.3 is 9.47 Å². The lowest BCUT2D eigenvalue weighted by Gasteiger charge is -2.39. The van der Waals surface area contributed by atoms with E-state index < -0.39 is 5.41 Å². The van der Waals surface area contributed by atoms with E-state index in [1.54, 1.807) is 7.11 Å². The molecule has 0 aromatic heterocycles. The van der Waals surface area contributed by atoms with Gasteiger partial charge in [-0.15, -0.1) is 0 Å². The minimum absolute atomic E-state index is 0.189. The van der Waals surface area contributed by atoms with Gasteiger partial charge in [0.2, 0.25) is 0 Å². The summed E-state index contributed by atoms with van der Waals surface area (Å²) >= 11 is 0. The summed E-state index contributed by atoms with van der Waals surface area (Å²) in [5.74, 6) is 0.409. The van der Waals surface area contributed by atoms with Crippen LogP contribution in [-0.2, 0) is 14.3 Å². The number of hydrogen-bond acceptors (Lipinski definition) is 3. The maximum Gasteiger partial charge on any atom is 0.319 e. The molecule has 0 spiro atoms. The van der Waals surface area contributed by atoms with Crippen LogP contribution in [0.25, 0.3) is 0 Å². The molecule has 3 nitrogen and oxygen atoms in total. The third-order valence-electron chi connectivity index (χ3n) is 3.61. The molecule has 0 saturated heterocycles. The van der Waals surface area contributed by atoms with Gasteiger partial charge in [0.05, 0.1) is 12.5 Å². The van der Waals surface area contributed by atoms with Gasteiger partial charge in [-0.2, -0.15) is 0 Å². The molecule has 2 rings (SSSR count). The molecule has 1 unspecified atom stereocenters. The van der Waals surface area contributed by atoms with Crippen molar-refractivity contribution in [1.29, 1.82) is 0 Å². The number of esters is 1. The van der Waals surface area contributed by atoms with Crippen molar-refractivity contribution in [3.63, 3.8) is 0 Å². The summed E-state index contributed by atoms with van der Waals surface area (Å²) in [5.41, 5.74) is 1.90. The van der Waals surface area contributed by atoms with E-state index in [1.807, 2.05) is 13.8 Å². The van der Waals surface area contributed by atoms with Gasteiger partial charge in [-0.3, -0.25) is 4.79 Å². The van der Waals surface area contributed by atoms with Crippen molar-refractivity contribution < 1.29 is 14.3 Å². The van der Waals surface area contributed by atoms with Crippen molar-refractivity contribution in [3.8, 4) is 0 Å². The smallest absolute Gasteiger partial charge is 0.319 e. The number of fused-ring (bicyclic) bond motifs is 1. The van der Waals surface area contributed by atoms with E-state index in [2.05, 4.69) is 13.0 Å². The zero-order valence-corrected chi connectivity index (χ0v) is 10.3. The van der Waals surface area contributed by atoms with E-state index in [4.69, 9.17) is 9.47 Å². The second kappa shape index (κ2) is 3.65. The molecule has 0 amide bonds. The van der Waals surface area contributed by atoms with E-state index in [1.165, 1.54) is 5.57 Å². The zero-order valence-electron chi connectivity index (χ0n) is 10.3. The Kier molecular flexibility index (Phi) is 2.56. The SMILES string of the molecule is COC1=C2C=C(C)CCC2C(C)(C)C(=O)O1. The summed E-state index contributed by atoms with van der Waals surface area (Å²) in [7, 11) is 1.54. The quantitative estimate of drug-likeness (QED) is 0.640. The van der Waals surface area contributed by atoms with Gasteiger partial charge in [-0.1, -0.05) is 11.6 Å². The first-order chi connectivity index (χ1) is 7.46. The minimum Gasteiger partial charge on any atom is -0.468 e. The Balaban J connectivity index is 2.51. The lowest BCUT2D eigenvalue weighted by molar-refractivity contribution is -0.161. The van der Waals surface area contributed by atoms with E-state index in [-0.39, 0.29) is 11.9 Å². The molecule has 1 aliphatic heterocycles. The summed E-state index contributed by atoms with van der Waals surface area (Å²) in [6, 6.07) is 0. The standard InChI is InChI=1S/C13H18O3/c1-8-5-6-10-9(7-8)11(15-4)16-12(14)13(10,2)3/h7,10H,5-6H2,1-4H3. The Morgan fingerprint density at radius 1 is 1.50 bits per heavy atom. The lowest BCUT2D eigenvalue weighted by atomic mass is 9.68. The summed E-state index contributed by atoms with van der Waals surface area (Å²) in [6.45, 7) is 5.99. The van der Waals surface area contributed by atoms with Gasteiger partial charge in [0.15, 0.2) is 0 Å². The Morgan fingerprint density at radius 3 is 2.81 bits per heavy atom. The van der Waals surface area contributed by atoms with Gasteiger partial charge >= 0.3 is 5.97 Å². The van der Waals surface area contributed by atoms with Crippen LogP contribution in [0.1, 0.15) is 33.6 Å². The lowest BCUT2D eigenvalue weighted by Crippen LogP contribution is -2.41. The van der Waals surface area contributed by atoms with Crippen LogP contribution in [0, 0.1) is 11.3 Å². The average molecular weight is 222 g/mol. The van der Waals surface area contributed by atoms with E-state index >= 15 is 0 Å². The predicted molar refractivity (Wildman–Crippen MR) is 60.4 cm³/mol. The minimum atomic E-state index is -0.450. The van der Waals surface area contributed by atoms with Gasteiger partial charge in [0.25, 0.3) is 5.95 Å². The van der Waals surface area contributed by atoms with Gasteiger partial charge in [0, 0.05) is 11.5 Å². The topological polar surface area (TPSA) is 35.5 Å². The maximum atomic E-state index is 11.9. The average Bonchev–Trinajstić information content (AvgIpc) is 2.23. The molecule has 0 aromatic carbocycles. The number of methoxy groups -OCH3 is 1. The fraction of sp³-hybridized carbons (Fsp3) is 0.615. The van der Waals surface area contributed by atoms with Crippen molar-refractivity contribution in [2.75, 3.05) is 7.11 Å². The second-order valence-corrected chi connectivity index (χ2v) is 5.14. The summed E-state index contributed by atoms with van der Waals surface area (Å²) < 4.78 is 10.4. The van der Waals surface area contributed by atoms with E-state index in [9.17, 15) is 4.79 Å². The number of carbonyl (C=O) groups is 1. The van der Waals surface area contributed by atoms with Crippen LogP contribution in [0.3, 0.4) is 0 Å². The Morgan fingerprint density at radius 2 is 2.19 bits per heavy atom. The number of carbonyl (C=O) groups excluding carboxylic acids is 1. The fourth-order valence-corrected chi connectivity index (χ4v) is 2.49. The summed E-state index contributed by atoms with van der Waals surface area (Å²) in [5, 5.41) is 0. The zero-order chi connectivity index (χ0) is 11.9. The van der Waals surface area contributed by atoms with Crippen LogP contribution in [-0.4, -0.2) is 13.1 Å². The molecule has 16 heavy (non-hydrogen) atoms. The highest BCUT2D eigenvalue weighted by Crippen LogP contribution is 2.46. The Labute approximate surface area is 96.1 Å². The summed E-state index contributed by atoms with van der Waals surface area (Å²) in [4.78, 5) is 11.9. The highest BCUT2D eigenvalue weighted by atomic mass is 16.7. The highest BCUT2D eigenvalue weighted by molar-refractivity contribution is 5.79. The molecule has 0 saturated carbocycles. The molecule has 2 aliphatic rings. The normalized spacial score (nSPS) is 28.1. The molecule has 0 aromatic rings. The highest BCUT2D eigenvalue weighted by Gasteiger charge is 2.46. The predicted octanol–water partition coefficient (Wildman–Crippen LogP) is 2.78. The van der Waals surface area contributed by atoms with E-state index in [0.29, 0.717) is 5.95 Å². The number of hydrogen-bond donors (Lipinski definition) is 0. The van der Waals surface area contributed by atoms with Crippen molar-refractivity contribution >= 4 is 5.97 Å². The van der Waals surface area contributed by atoms with Gasteiger partial charge in [0.1, 0.15) is 0 Å². The number of ether oxygens (including phenoxy) is 2. The first-order valence-electron chi connectivity index (χ1n) is 5.64. The Bertz CT molecular complexity index is 388. The molecule has 88 valence electrons. The Hall–Kier alpha value is -1.25. The van der Waals surface area contributed by atoms with Crippen LogP contribution >= 0.6 is 0 Å². The van der Waals surface area contributed by atoms with Gasteiger partial charge in [-0.25, -0.2) is 0 Å². The molecule has 1 atom stereocenters. The summed E-state index contributed by atoms with van der Waals surface area (Å²) in [6.07, 6.45) is 4.13. The molecular weight excluding hydrogens is 204 g/mol. The first-order valence-corrected chi connectivity index (χ1v) is 5.64. The molecule has 0 radical (unpaired) electrons. The second-order valence-electron chi connectivity index (χ2n) is 5.14. The van der Waals surface area contributed by atoms with Crippen molar-refractivity contribution in [2.45, 2.75) is 33.6 Å². The first kappa shape index (κ1) is 11.2. The third-order valence-corrected chi connectivity index (χ3v) is 3.61. The van der Waals surface area contributed by atoms with Crippen LogP contribution < -0.4 is 0 Å². The largest absolute Gasteiger partial charge is 0.468 e. The van der Waals surface area contributed by atoms with Crippen molar-refractivity contribution in [2.24, 2.45) is 11.3 Å². The monoisotopic (exact) mass is 222 g/mol. The third kappa shape index (κ3) is 1.55. The molecule has 1 aliphatic carbocycles. The van der Waals surface area contributed by atoms with E-state index in [0.717, 1.165) is 18.4 Å². The molecule has 0 fully saturated rings. The van der Waals surface area contributed by atoms with Crippen LogP contribution in [0.2, 0.25) is 0 Å². The number of rotatable bonds is 1. The molecule has 0 bridgehead atoms.